The van der Waals surface area contributed by atoms with Crippen molar-refractivity contribution in [3.63, 3.8) is 0 Å². The van der Waals surface area contributed by atoms with Crippen molar-refractivity contribution < 1.29 is 9.53 Å². The highest BCUT2D eigenvalue weighted by Gasteiger charge is 2.41. The highest BCUT2D eigenvalue weighted by molar-refractivity contribution is 5.74. The predicted molar refractivity (Wildman–Crippen MR) is 68.6 cm³/mol. The molecule has 1 heterocycles. The Morgan fingerprint density at radius 1 is 1.00 bits per heavy atom. The largest absolute Gasteiger partial charge is 0.462 e. The van der Waals surface area contributed by atoms with Crippen LogP contribution in [0.5, 0.6) is 0 Å². The van der Waals surface area contributed by atoms with Crippen LogP contribution in [0.15, 0.2) is 0 Å². The van der Waals surface area contributed by atoms with Gasteiger partial charge in [0.1, 0.15) is 6.10 Å². The topological polar surface area (TPSA) is 26.3 Å². The van der Waals surface area contributed by atoms with E-state index in [1.807, 2.05) is 6.92 Å². The summed E-state index contributed by atoms with van der Waals surface area (Å²) in [4.78, 5) is 11.7. The maximum absolute atomic E-state index is 11.7. The number of hydrogen-bond donors (Lipinski definition) is 0. The number of carbonyl (C=O) groups is 1. The highest BCUT2D eigenvalue weighted by atomic mass is 16.6. The Bertz CT molecular complexity index is 274. The fourth-order valence-corrected chi connectivity index (χ4v) is 3.45. The lowest BCUT2D eigenvalue weighted by atomic mass is 9.79. The van der Waals surface area contributed by atoms with Crippen LogP contribution in [-0.4, -0.2) is 12.1 Å². The van der Waals surface area contributed by atoms with E-state index < -0.39 is 0 Å². The summed E-state index contributed by atoms with van der Waals surface area (Å²) in [6.07, 6.45) is 7.70. The zero-order chi connectivity index (χ0) is 12.4. The molecule has 5 unspecified atom stereocenters. The molecule has 1 aliphatic carbocycles. The number of fused-ring (bicyclic) bond motifs is 1. The molecule has 0 N–H and O–H groups in total. The van der Waals surface area contributed by atoms with Crippen molar-refractivity contribution in [2.75, 3.05) is 0 Å². The number of ether oxygens (including phenoxy) is 1. The van der Waals surface area contributed by atoms with Crippen LogP contribution in [0.3, 0.4) is 0 Å². The lowest BCUT2D eigenvalue weighted by Gasteiger charge is -2.26. The first kappa shape index (κ1) is 12.9. The minimum Gasteiger partial charge on any atom is -0.462 e. The van der Waals surface area contributed by atoms with Gasteiger partial charge in [-0.1, -0.05) is 46.5 Å². The summed E-state index contributed by atoms with van der Waals surface area (Å²) < 4.78 is 5.58. The highest BCUT2D eigenvalue weighted by Crippen LogP contribution is 2.38. The molecule has 0 bridgehead atoms. The number of esters is 1. The van der Waals surface area contributed by atoms with Crippen LogP contribution in [0.2, 0.25) is 0 Å². The third kappa shape index (κ3) is 3.02. The van der Waals surface area contributed by atoms with Crippen LogP contribution < -0.4 is 0 Å². The Balaban J connectivity index is 2.05. The molecule has 1 saturated heterocycles. The molecule has 2 rings (SSSR count). The second-order valence-electron chi connectivity index (χ2n) is 6.38. The lowest BCUT2D eigenvalue weighted by molar-refractivity contribution is -0.144. The summed E-state index contributed by atoms with van der Waals surface area (Å²) in [5, 5.41) is 0. The van der Waals surface area contributed by atoms with Crippen LogP contribution in [0.4, 0.5) is 0 Å². The van der Waals surface area contributed by atoms with Gasteiger partial charge in [-0.05, 0) is 24.7 Å². The van der Waals surface area contributed by atoms with E-state index >= 15 is 0 Å². The van der Waals surface area contributed by atoms with Crippen molar-refractivity contribution in [1.29, 1.82) is 0 Å². The summed E-state index contributed by atoms with van der Waals surface area (Å²) in [5.74, 6) is 2.15. The predicted octanol–water partition coefficient (Wildman–Crippen LogP) is 3.79. The van der Waals surface area contributed by atoms with Crippen molar-refractivity contribution in [3.05, 3.63) is 0 Å². The molecule has 5 atom stereocenters. The van der Waals surface area contributed by atoms with E-state index in [1.54, 1.807) is 0 Å². The summed E-state index contributed by atoms with van der Waals surface area (Å²) in [5.41, 5.74) is 0. The van der Waals surface area contributed by atoms with E-state index in [4.69, 9.17) is 4.74 Å². The standard InChI is InChI=1S/C15H26O2/c1-10-5-4-6-11(2)9-14-13(8-7-10)12(3)15(16)17-14/h10-14H,4-9H2,1-3H3. The van der Waals surface area contributed by atoms with Gasteiger partial charge in [-0.2, -0.15) is 0 Å². The molecule has 2 heteroatoms. The second-order valence-corrected chi connectivity index (χ2v) is 6.38. The van der Waals surface area contributed by atoms with Gasteiger partial charge in [0.15, 0.2) is 0 Å². The summed E-state index contributed by atoms with van der Waals surface area (Å²) in [6, 6.07) is 0. The zero-order valence-electron chi connectivity index (χ0n) is 11.4. The Morgan fingerprint density at radius 2 is 1.71 bits per heavy atom. The normalized spacial score (nSPS) is 43.9. The Kier molecular flexibility index (Phi) is 4.11. The van der Waals surface area contributed by atoms with Gasteiger partial charge in [-0.15, -0.1) is 0 Å². The molecule has 0 aromatic heterocycles. The molecule has 1 aliphatic heterocycles. The fourth-order valence-electron chi connectivity index (χ4n) is 3.45. The van der Waals surface area contributed by atoms with Crippen molar-refractivity contribution in [3.8, 4) is 0 Å². The van der Waals surface area contributed by atoms with Crippen LogP contribution in [0, 0.1) is 23.7 Å². The van der Waals surface area contributed by atoms with Crippen LogP contribution in [0.25, 0.3) is 0 Å². The van der Waals surface area contributed by atoms with E-state index in [0.717, 1.165) is 12.3 Å². The Labute approximate surface area is 105 Å². The van der Waals surface area contributed by atoms with E-state index in [2.05, 4.69) is 13.8 Å². The molecule has 2 aliphatic rings. The third-order valence-electron chi connectivity index (χ3n) is 4.78. The molecule has 0 radical (unpaired) electrons. The average molecular weight is 238 g/mol. The minimum absolute atomic E-state index is 0.0408. The van der Waals surface area contributed by atoms with Gasteiger partial charge in [0, 0.05) is 5.92 Å². The second kappa shape index (κ2) is 5.41. The minimum atomic E-state index is 0.0408. The molecule has 0 aromatic carbocycles. The Hall–Kier alpha value is -0.530. The van der Waals surface area contributed by atoms with E-state index in [0.29, 0.717) is 11.8 Å². The SMILES string of the molecule is CC1CCCC(C)CC2OC(=O)C(C)C2CC1. The van der Waals surface area contributed by atoms with E-state index in [-0.39, 0.29) is 18.0 Å². The van der Waals surface area contributed by atoms with Gasteiger partial charge in [0.05, 0.1) is 5.92 Å². The lowest BCUT2D eigenvalue weighted by Crippen LogP contribution is -2.23. The molecular weight excluding hydrogens is 212 g/mol. The van der Waals surface area contributed by atoms with Gasteiger partial charge in [-0.25, -0.2) is 0 Å². The average Bonchev–Trinajstić information content (AvgIpc) is 2.52. The summed E-state index contributed by atoms with van der Waals surface area (Å²) >= 11 is 0. The molecule has 2 nitrogen and oxygen atoms in total. The van der Waals surface area contributed by atoms with Crippen LogP contribution in [0.1, 0.15) is 59.3 Å². The van der Waals surface area contributed by atoms with Crippen LogP contribution in [-0.2, 0) is 9.53 Å². The molecule has 2 fully saturated rings. The maximum Gasteiger partial charge on any atom is 0.309 e. The van der Waals surface area contributed by atoms with E-state index in [9.17, 15) is 4.79 Å². The molecule has 0 aromatic rings. The summed E-state index contributed by atoms with van der Waals surface area (Å²) in [7, 11) is 0. The van der Waals surface area contributed by atoms with Gasteiger partial charge in [0.2, 0.25) is 0 Å². The molecule has 0 amide bonds. The quantitative estimate of drug-likeness (QED) is 0.600. The van der Waals surface area contributed by atoms with Gasteiger partial charge >= 0.3 is 5.97 Å². The molecule has 17 heavy (non-hydrogen) atoms. The first-order valence-corrected chi connectivity index (χ1v) is 7.28. The molecule has 0 spiro atoms. The fraction of sp³-hybridized carbons (Fsp3) is 0.933. The van der Waals surface area contributed by atoms with E-state index in [1.165, 1.54) is 32.1 Å². The Morgan fingerprint density at radius 3 is 2.47 bits per heavy atom. The maximum atomic E-state index is 11.7. The van der Waals surface area contributed by atoms with Crippen molar-refractivity contribution >= 4 is 5.97 Å². The smallest absolute Gasteiger partial charge is 0.309 e. The number of hydrogen-bond acceptors (Lipinski definition) is 2. The zero-order valence-corrected chi connectivity index (χ0v) is 11.4. The monoisotopic (exact) mass is 238 g/mol. The van der Waals surface area contributed by atoms with Crippen molar-refractivity contribution in [2.45, 2.75) is 65.4 Å². The number of rotatable bonds is 0. The molecular formula is C15H26O2. The first-order valence-electron chi connectivity index (χ1n) is 7.28. The summed E-state index contributed by atoms with van der Waals surface area (Å²) in [6.45, 7) is 6.71. The van der Waals surface area contributed by atoms with Crippen molar-refractivity contribution in [2.24, 2.45) is 23.7 Å². The first-order chi connectivity index (χ1) is 8.08. The van der Waals surface area contributed by atoms with Crippen molar-refractivity contribution in [1.82, 2.24) is 0 Å². The number of carbonyl (C=O) groups excluding carboxylic acids is 1. The molecule has 98 valence electrons. The van der Waals surface area contributed by atoms with Gasteiger partial charge in [-0.3, -0.25) is 4.79 Å². The third-order valence-corrected chi connectivity index (χ3v) is 4.78. The van der Waals surface area contributed by atoms with Gasteiger partial charge in [0.25, 0.3) is 0 Å². The molecule has 1 saturated carbocycles. The van der Waals surface area contributed by atoms with Crippen LogP contribution >= 0.6 is 0 Å². The van der Waals surface area contributed by atoms with Gasteiger partial charge < -0.3 is 4.74 Å².